The van der Waals surface area contributed by atoms with E-state index >= 15 is 0 Å². The number of alkyl halides is 1. The average Bonchev–Trinajstić information content (AvgIpc) is 2.91. The van der Waals surface area contributed by atoms with Crippen molar-refractivity contribution in [2.75, 3.05) is 6.61 Å². The minimum atomic E-state index is 0.448. The van der Waals surface area contributed by atoms with Gasteiger partial charge in [0.15, 0.2) is 11.5 Å². The van der Waals surface area contributed by atoms with Crippen LogP contribution in [-0.2, 0) is 12.5 Å². The highest BCUT2D eigenvalue weighted by molar-refractivity contribution is 9.10. The maximum absolute atomic E-state index is 5.87. The van der Waals surface area contributed by atoms with Crippen LogP contribution < -0.4 is 9.47 Å². The zero-order chi connectivity index (χ0) is 13.7. The Balaban J connectivity index is 2.21. The Bertz CT molecular complexity index is 528. The van der Waals surface area contributed by atoms with Crippen molar-refractivity contribution in [3.05, 3.63) is 44.6 Å². The van der Waals surface area contributed by atoms with E-state index in [1.54, 1.807) is 11.3 Å². The topological polar surface area (TPSA) is 18.5 Å². The van der Waals surface area contributed by atoms with E-state index in [0.29, 0.717) is 19.1 Å². The van der Waals surface area contributed by atoms with Gasteiger partial charge in [0.25, 0.3) is 0 Å². The minimum Gasteiger partial charge on any atom is -0.490 e. The summed E-state index contributed by atoms with van der Waals surface area (Å²) in [6.45, 7) is 3.08. The molecule has 5 heteroatoms. The van der Waals surface area contributed by atoms with Crippen LogP contribution in [0.15, 0.2) is 34.1 Å². The summed E-state index contributed by atoms with van der Waals surface area (Å²) in [7, 11) is 0. The summed E-state index contributed by atoms with van der Waals surface area (Å²) < 4.78 is 12.3. The molecule has 0 aliphatic carbocycles. The van der Waals surface area contributed by atoms with Crippen LogP contribution in [0.5, 0.6) is 11.5 Å². The van der Waals surface area contributed by atoms with Crippen molar-refractivity contribution in [2.45, 2.75) is 19.4 Å². The van der Waals surface area contributed by atoms with E-state index in [1.165, 1.54) is 4.88 Å². The number of thiophene rings is 1. The largest absolute Gasteiger partial charge is 0.490 e. The maximum atomic E-state index is 5.87. The molecule has 1 heterocycles. The predicted molar refractivity (Wildman–Crippen MR) is 83.5 cm³/mol. The Hall–Kier alpha value is -0.710. The number of hydrogen-bond donors (Lipinski definition) is 0. The summed E-state index contributed by atoms with van der Waals surface area (Å²) in [6.07, 6.45) is 0. The minimum absolute atomic E-state index is 0.448. The molecular weight excluding hydrogens is 348 g/mol. The molecule has 0 unspecified atom stereocenters. The van der Waals surface area contributed by atoms with Crippen LogP contribution in [0.3, 0.4) is 0 Å². The van der Waals surface area contributed by atoms with Crippen molar-refractivity contribution < 1.29 is 9.47 Å². The van der Waals surface area contributed by atoms with Crippen molar-refractivity contribution >= 4 is 38.9 Å². The highest BCUT2D eigenvalue weighted by Crippen LogP contribution is 2.38. The van der Waals surface area contributed by atoms with Crippen molar-refractivity contribution in [1.29, 1.82) is 0 Å². The third-order valence-corrected chi connectivity index (χ3v) is 4.21. The molecule has 0 bridgehead atoms. The Kier molecular flexibility index (Phi) is 5.55. The predicted octanol–water partition coefficient (Wildman–Crippen LogP) is 5.23. The summed E-state index contributed by atoms with van der Waals surface area (Å²) in [6, 6.07) is 7.94. The summed E-state index contributed by atoms with van der Waals surface area (Å²) in [4.78, 5) is 1.18. The van der Waals surface area contributed by atoms with Crippen molar-refractivity contribution in [3.8, 4) is 11.5 Å². The SMILES string of the molecule is CCOc1cc(CCl)cc(Br)c1OCc1cccs1. The molecule has 2 aromatic rings. The smallest absolute Gasteiger partial charge is 0.175 e. The van der Waals surface area contributed by atoms with E-state index in [1.807, 2.05) is 36.6 Å². The number of ether oxygens (including phenoxy) is 2. The van der Waals surface area contributed by atoms with Gasteiger partial charge in [-0.3, -0.25) is 0 Å². The Morgan fingerprint density at radius 3 is 2.79 bits per heavy atom. The van der Waals surface area contributed by atoms with Crippen molar-refractivity contribution in [3.63, 3.8) is 0 Å². The van der Waals surface area contributed by atoms with Crippen LogP contribution in [0.2, 0.25) is 0 Å². The second kappa shape index (κ2) is 7.17. The number of halogens is 2. The Morgan fingerprint density at radius 2 is 2.16 bits per heavy atom. The van der Waals surface area contributed by atoms with Crippen molar-refractivity contribution in [1.82, 2.24) is 0 Å². The van der Waals surface area contributed by atoms with Crippen LogP contribution in [-0.4, -0.2) is 6.61 Å². The molecule has 19 heavy (non-hydrogen) atoms. The lowest BCUT2D eigenvalue weighted by Crippen LogP contribution is -2.00. The first-order chi connectivity index (χ1) is 9.24. The van der Waals surface area contributed by atoms with Crippen LogP contribution in [0.25, 0.3) is 0 Å². The van der Waals surface area contributed by atoms with Gasteiger partial charge in [-0.05, 0) is 52.0 Å². The lowest BCUT2D eigenvalue weighted by molar-refractivity contribution is 0.269. The molecule has 1 aromatic heterocycles. The summed E-state index contributed by atoms with van der Waals surface area (Å²) >= 11 is 11.1. The van der Waals surface area contributed by atoms with Crippen LogP contribution >= 0.6 is 38.9 Å². The number of benzene rings is 1. The summed E-state index contributed by atoms with van der Waals surface area (Å²) in [5.41, 5.74) is 1.00. The monoisotopic (exact) mass is 360 g/mol. The van der Waals surface area contributed by atoms with Gasteiger partial charge in [-0.15, -0.1) is 22.9 Å². The van der Waals surface area contributed by atoms with Gasteiger partial charge in [-0.25, -0.2) is 0 Å². The van der Waals surface area contributed by atoms with Gasteiger partial charge in [-0.1, -0.05) is 6.07 Å². The fourth-order valence-corrected chi connectivity index (χ4v) is 3.01. The third-order valence-electron chi connectivity index (χ3n) is 2.46. The van der Waals surface area contributed by atoms with Gasteiger partial charge < -0.3 is 9.47 Å². The Morgan fingerprint density at radius 1 is 1.32 bits per heavy atom. The van der Waals surface area contributed by atoms with Gasteiger partial charge in [0.1, 0.15) is 6.61 Å². The fraction of sp³-hybridized carbons (Fsp3) is 0.286. The highest BCUT2D eigenvalue weighted by Gasteiger charge is 2.12. The standard InChI is InChI=1S/C14H14BrClO2S/c1-2-17-13-7-10(8-16)6-12(15)14(13)18-9-11-4-3-5-19-11/h3-7H,2,8-9H2,1H3. The van der Waals surface area contributed by atoms with Gasteiger partial charge in [-0.2, -0.15) is 0 Å². The zero-order valence-corrected chi connectivity index (χ0v) is 13.6. The first-order valence-electron chi connectivity index (χ1n) is 5.91. The first kappa shape index (κ1) is 14.7. The molecule has 0 amide bonds. The third kappa shape index (κ3) is 3.88. The van der Waals surface area contributed by atoms with Gasteiger partial charge in [0, 0.05) is 10.8 Å². The Labute approximate surface area is 130 Å². The molecule has 2 rings (SSSR count). The second-order valence-electron chi connectivity index (χ2n) is 3.84. The van der Waals surface area contributed by atoms with E-state index < -0.39 is 0 Å². The van der Waals surface area contributed by atoms with E-state index in [4.69, 9.17) is 21.1 Å². The molecule has 0 aliphatic heterocycles. The summed E-state index contributed by atoms with van der Waals surface area (Å²) in [5, 5.41) is 2.04. The van der Waals surface area contributed by atoms with Gasteiger partial charge in [0.05, 0.1) is 11.1 Å². The quantitative estimate of drug-likeness (QED) is 0.656. The lowest BCUT2D eigenvalue weighted by atomic mass is 10.2. The van der Waals surface area contributed by atoms with E-state index in [0.717, 1.165) is 21.5 Å². The summed E-state index contributed by atoms with van der Waals surface area (Å²) in [5.74, 6) is 1.90. The molecule has 0 radical (unpaired) electrons. The van der Waals surface area contributed by atoms with Gasteiger partial charge in [0.2, 0.25) is 0 Å². The lowest BCUT2D eigenvalue weighted by Gasteiger charge is -2.14. The molecule has 1 aromatic carbocycles. The molecule has 0 saturated heterocycles. The van der Waals surface area contributed by atoms with E-state index in [2.05, 4.69) is 15.9 Å². The van der Waals surface area contributed by atoms with Crippen LogP contribution in [0, 0.1) is 0 Å². The number of rotatable bonds is 6. The average molecular weight is 362 g/mol. The normalized spacial score (nSPS) is 10.5. The molecule has 2 nitrogen and oxygen atoms in total. The van der Waals surface area contributed by atoms with E-state index in [9.17, 15) is 0 Å². The second-order valence-corrected chi connectivity index (χ2v) is 5.99. The van der Waals surface area contributed by atoms with Crippen LogP contribution in [0.1, 0.15) is 17.4 Å². The highest BCUT2D eigenvalue weighted by atomic mass is 79.9. The molecule has 102 valence electrons. The zero-order valence-electron chi connectivity index (χ0n) is 10.5. The molecule has 0 atom stereocenters. The number of hydrogen-bond acceptors (Lipinski definition) is 3. The van der Waals surface area contributed by atoms with Crippen LogP contribution in [0.4, 0.5) is 0 Å². The van der Waals surface area contributed by atoms with Crippen molar-refractivity contribution in [2.24, 2.45) is 0 Å². The molecule has 0 N–H and O–H groups in total. The molecule has 0 saturated carbocycles. The van der Waals surface area contributed by atoms with E-state index in [-0.39, 0.29) is 0 Å². The first-order valence-corrected chi connectivity index (χ1v) is 8.11. The molecule has 0 aliphatic rings. The fourth-order valence-electron chi connectivity index (χ4n) is 1.64. The van der Waals surface area contributed by atoms with Gasteiger partial charge >= 0.3 is 0 Å². The molecular formula is C14H14BrClO2S. The molecule has 0 spiro atoms. The maximum Gasteiger partial charge on any atom is 0.175 e. The molecule has 0 fully saturated rings.